The van der Waals surface area contributed by atoms with Gasteiger partial charge in [0.15, 0.2) is 6.61 Å². The highest BCUT2D eigenvalue weighted by Crippen LogP contribution is 2.48. The number of amides is 1. The molecule has 0 radical (unpaired) electrons. The topological polar surface area (TPSA) is 76.1 Å². The minimum atomic E-state index is -0.718. The molecule has 3 rings (SSSR count). The molecule has 1 saturated carbocycles. The molecule has 1 N–H and O–H groups in total. The summed E-state index contributed by atoms with van der Waals surface area (Å²) in [6.45, 7) is 4.74. The summed E-state index contributed by atoms with van der Waals surface area (Å²) in [6.07, 6.45) is 4.71. The van der Waals surface area contributed by atoms with Gasteiger partial charge in [0.25, 0.3) is 5.91 Å². The van der Waals surface area contributed by atoms with Crippen molar-refractivity contribution in [1.29, 1.82) is 0 Å². The number of carbonyl (C=O) groups is 2. The van der Waals surface area contributed by atoms with E-state index in [4.69, 9.17) is 9.47 Å². The number of aliphatic carboxylic acids is 1. The fourth-order valence-corrected chi connectivity index (χ4v) is 4.31. The molecule has 178 valence electrons. The SMILES string of the molecule is CCCC(Cc1ccc(OC)cc1)N(CC)C(=O)COc1ccc(CC2(C(=O)O)CC2)cc1. The van der Waals surface area contributed by atoms with E-state index < -0.39 is 11.4 Å². The minimum Gasteiger partial charge on any atom is -0.497 e. The lowest BCUT2D eigenvalue weighted by molar-refractivity contribution is -0.143. The molecular formula is C27H35NO5. The number of nitrogens with zero attached hydrogens (tertiary/aromatic N) is 1. The fraction of sp³-hybridized carbons (Fsp3) is 0.481. The molecule has 0 spiro atoms. The van der Waals surface area contributed by atoms with Crippen LogP contribution in [0.4, 0.5) is 0 Å². The van der Waals surface area contributed by atoms with Crippen LogP contribution in [0.15, 0.2) is 48.5 Å². The number of hydrogen-bond donors (Lipinski definition) is 1. The van der Waals surface area contributed by atoms with Crippen molar-refractivity contribution in [3.8, 4) is 11.5 Å². The lowest BCUT2D eigenvalue weighted by atomic mass is 9.97. The number of carboxylic acids is 1. The lowest BCUT2D eigenvalue weighted by Gasteiger charge is -2.31. The smallest absolute Gasteiger partial charge is 0.309 e. The quantitative estimate of drug-likeness (QED) is 0.474. The molecule has 1 atom stereocenters. The average Bonchev–Trinajstić information content (AvgIpc) is 3.60. The van der Waals surface area contributed by atoms with E-state index in [0.717, 1.165) is 43.4 Å². The van der Waals surface area contributed by atoms with Crippen molar-refractivity contribution < 1.29 is 24.2 Å². The summed E-state index contributed by atoms with van der Waals surface area (Å²) in [5.41, 5.74) is 1.57. The first-order chi connectivity index (χ1) is 15.9. The van der Waals surface area contributed by atoms with Gasteiger partial charge in [0.1, 0.15) is 11.5 Å². The third-order valence-corrected chi connectivity index (χ3v) is 6.49. The summed E-state index contributed by atoms with van der Waals surface area (Å²) in [5, 5.41) is 9.37. The summed E-state index contributed by atoms with van der Waals surface area (Å²) in [4.78, 5) is 26.3. The first-order valence-electron chi connectivity index (χ1n) is 11.8. The Kier molecular flexibility index (Phi) is 8.37. The maximum absolute atomic E-state index is 13.0. The van der Waals surface area contributed by atoms with E-state index in [1.54, 1.807) is 7.11 Å². The van der Waals surface area contributed by atoms with Crippen molar-refractivity contribution in [1.82, 2.24) is 4.90 Å². The molecule has 2 aromatic rings. The summed E-state index contributed by atoms with van der Waals surface area (Å²) in [6, 6.07) is 15.5. The highest BCUT2D eigenvalue weighted by atomic mass is 16.5. The van der Waals surface area contributed by atoms with Crippen LogP contribution in [0.5, 0.6) is 11.5 Å². The Balaban J connectivity index is 1.57. The first-order valence-corrected chi connectivity index (χ1v) is 11.8. The standard InChI is InChI=1S/C27H35NO5/c1-4-6-22(17-20-7-11-23(32-3)12-8-20)28(5-2)25(29)19-33-24-13-9-21(10-14-24)18-27(15-16-27)26(30)31/h7-14,22H,4-6,15-19H2,1-3H3,(H,30,31). The van der Waals surface area contributed by atoms with Crippen LogP contribution in [-0.4, -0.2) is 48.2 Å². The Morgan fingerprint density at radius 1 is 1.00 bits per heavy atom. The second-order valence-electron chi connectivity index (χ2n) is 8.87. The number of likely N-dealkylation sites (N-methyl/N-ethyl adjacent to an activating group) is 1. The van der Waals surface area contributed by atoms with E-state index in [9.17, 15) is 14.7 Å². The molecule has 0 heterocycles. The van der Waals surface area contributed by atoms with E-state index in [1.165, 1.54) is 5.56 Å². The predicted molar refractivity (Wildman–Crippen MR) is 128 cm³/mol. The van der Waals surface area contributed by atoms with Gasteiger partial charge in [0.2, 0.25) is 0 Å². The molecule has 6 heteroatoms. The van der Waals surface area contributed by atoms with Crippen LogP contribution in [0.3, 0.4) is 0 Å². The number of hydrogen-bond acceptors (Lipinski definition) is 4. The van der Waals surface area contributed by atoms with Crippen LogP contribution in [-0.2, 0) is 22.4 Å². The highest BCUT2D eigenvalue weighted by Gasteiger charge is 2.49. The molecule has 1 aliphatic carbocycles. The summed E-state index contributed by atoms with van der Waals surface area (Å²) in [7, 11) is 1.65. The van der Waals surface area contributed by atoms with Crippen LogP contribution in [0.2, 0.25) is 0 Å². The molecule has 1 aliphatic rings. The van der Waals surface area contributed by atoms with Gasteiger partial charge in [-0.3, -0.25) is 9.59 Å². The number of methoxy groups -OCH3 is 1. The molecule has 6 nitrogen and oxygen atoms in total. The van der Waals surface area contributed by atoms with E-state index in [2.05, 4.69) is 6.92 Å². The van der Waals surface area contributed by atoms with Gasteiger partial charge >= 0.3 is 5.97 Å². The van der Waals surface area contributed by atoms with Gasteiger partial charge in [-0.25, -0.2) is 0 Å². The molecule has 1 amide bonds. The fourth-order valence-electron chi connectivity index (χ4n) is 4.31. The molecule has 0 saturated heterocycles. The zero-order chi connectivity index (χ0) is 23.8. The summed E-state index contributed by atoms with van der Waals surface area (Å²) >= 11 is 0. The molecule has 1 unspecified atom stereocenters. The molecule has 0 bridgehead atoms. The molecule has 0 aliphatic heterocycles. The number of rotatable bonds is 13. The van der Waals surface area contributed by atoms with Crippen LogP contribution < -0.4 is 9.47 Å². The van der Waals surface area contributed by atoms with Crippen LogP contribution >= 0.6 is 0 Å². The molecule has 2 aromatic carbocycles. The Labute approximate surface area is 196 Å². The zero-order valence-electron chi connectivity index (χ0n) is 19.9. The molecule has 0 aromatic heterocycles. The van der Waals surface area contributed by atoms with Gasteiger partial charge in [-0.05, 0) is 74.4 Å². The van der Waals surface area contributed by atoms with Gasteiger partial charge in [-0.2, -0.15) is 0 Å². The first kappa shape index (κ1) is 24.6. The van der Waals surface area contributed by atoms with E-state index >= 15 is 0 Å². The Morgan fingerprint density at radius 2 is 1.61 bits per heavy atom. The number of carboxylic acid groups (broad SMARTS) is 1. The Morgan fingerprint density at radius 3 is 2.12 bits per heavy atom. The van der Waals surface area contributed by atoms with Gasteiger partial charge in [-0.1, -0.05) is 37.6 Å². The maximum Gasteiger partial charge on any atom is 0.309 e. The van der Waals surface area contributed by atoms with E-state index in [1.807, 2.05) is 60.4 Å². The lowest BCUT2D eigenvalue weighted by Crippen LogP contribution is -2.43. The van der Waals surface area contributed by atoms with E-state index in [0.29, 0.717) is 18.7 Å². The van der Waals surface area contributed by atoms with Crippen molar-refractivity contribution in [2.75, 3.05) is 20.3 Å². The second-order valence-corrected chi connectivity index (χ2v) is 8.87. The van der Waals surface area contributed by atoms with Crippen molar-refractivity contribution in [2.45, 2.75) is 58.4 Å². The average molecular weight is 454 g/mol. The number of carbonyl (C=O) groups excluding carboxylic acids is 1. The Bertz CT molecular complexity index is 919. The third-order valence-electron chi connectivity index (χ3n) is 6.49. The van der Waals surface area contributed by atoms with Crippen molar-refractivity contribution in [3.05, 3.63) is 59.7 Å². The largest absolute Gasteiger partial charge is 0.497 e. The third kappa shape index (κ3) is 6.50. The van der Waals surface area contributed by atoms with Gasteiger partial charge < -0.3 is 19.5 Å². The maximum atomic E-state index is 13.0. The zero-order valence-corrected chi connectivity index (χ0v) is 19.9. The normalized spacial score (nSPS) is 14.9. The van der Waals surface area contributed by atoms with Gasteiger partial charge in [0.05, 0.1) is 12.5 Å². The van der Waals surface area contributed by atoms with Gasteiger partial charge in [-0.15, -0.1) is 0 Å². The summed E-state index contributed by atoms with van der Waals surface area (Å²) in [5.74, 6) is 0.690. The molecule has 33 heavy (non-hydrogen) atoms. The number of ether oxygens (including phenoxy) is 2. The highest BCUT2D eigenvalue weighted by molar-refractivity contribution is 5.78. The summed E-state index contributed by atoms with van der Waals surface area (Å²) < 4.78 is 11.0. The van der Waals surface area contributed by atoms with Crippen LogP contribution in [0, 0.1) is 5.41 Å². The second kappa shape index (κ2) is 11.2. The number of benzene rings is 2. The van der Waals surface area contributed by atoms with E-state index in [-0.39, 0.29) is 18.6 Å². The molecule has 1 fully saturated rings. The Hall–Kier alpha value is -3.02. The van der Waals surface area contributed by atoms with Crippen LogP contribution in [0.25, 0.3) is 0 Å². The van der Waals surface area contributed by atoms with Crippen molar-refractivity contribution >= 4 is 11.9 Å². The van der Waals surface area contributed by atoms with Crippen LogP contribution in [0.1, 0.15) is 50.7 Å². The van der Waals surface area contributed by atoms with Crippen molar-refractivity contribution in [2.24, 2.45) is 5.41 Å². The monoisotopic (exact) mass is 453 g/mol. The van der Waals surface area contributed by atoms with Gasteiger partial charge in [0, 0.05) is 12.6 Å². The molecular weight excluding hydrogens is 418 g/mol. The predicted octanol–water partition coefficient (Wildman–Crippen LogP) is 4.74. The van der Waals surface area contributed by atoms with Crippen molar-refractivity contribution in [3.63, 3.8) is 0 Å². The minimum absolute atomic E-state index is 0.0188.